The van der Waals surface area contributed by atoms with E-state index < -0.39 is 11.3 Å². The summed E-state index contributed by atoms with van der Waals surface area (Å²) in [5.74, 6) is -0.328. The number of carbonyl (C=O) groups is 2. The molecule has 7 heteroatoms. The fraction of sp³-hybridized carbons (Fsp3) is 0.353. The molecule has 1 aromatic carbocycles. The van der Waals surface area contributed by atoms with Gasteiger partial charge in [0.15, 0.2) is 5.16 Å². The second-order valence-electron chi connectivity index (χ2n) is 5.72. The van der Waals surface area contributed by atoms with E-state index in [1.165, 1.54) is 18.8 Å². The van der Waals surface area contributed by atoms with Gasteiger partial charge in [-0.05, 0) is 25.3 Å². The molecule has 1 unspecified atom stereocenters. The predicted octanol–water partition coefficient (Wildman–Crippen LogP) is 2.82. The van der Waals surface area contributed by atoms with Crippen molar-refractivity contribution in [3.63, 3.8) is 0 Å². The Kier molecular flexibility index (Phi) is 4.89. The van der Waals surface area contributed by atoms with Gasteiger partial charge in [0.05, 0.1) is 17.1 Å². The fourth-order valence-electron chi connectivity index (χ4n) is 2.43. The maximum atomic E-state index is 12.1. The summed E-state index contributed by atoms with van der Waals surface area (Å²) in [5.41, 5.74) is 2.19. The molecule has 6 nitrogen and oxygen atoms in total. The number of nitrogens with zero attached hydrogens (tertiary/aromatic N) is 2. The number of imidazole rings is 1. The van der Waals surface area contributed by atoms with Crippen LogP contribution in [0.3, 0.4) is 0 Å². The number of hydrogen-bond donors (Lipinski definition) is 2. The Hall–Kier alpha value is -2.28. The molecule has 0 bridgehead atoms. The van der Waals surface area contributed by atoms with Gasteiger partial charge < -0.3 is 9.88 Å². The zero-order valence-electron chi connectivity index (χ0n) is 13.7. The van der Waals surface area contributed by atoms with Crippen LogP contribution < -0.4 is 10.6 Å². The molecule has 0 radical (unpaired) electrons. The number of hydrogen-bond acceptors (Lipinski definition) is 4. The minimum Gasteiger partial charge on any atom is -0.341 e. The van der Waals surface area contributed by atoms with Crippen LogP contribution in [0, 0.1) is 0 Å². The first-order chi connectivity index (χ1) is 11.6. The Bertz CT molecular complexity index is 740. The lowest BCUT2D eigenvalue weighted by molar-refractivity contribution is -0.119. The first-order valence-electron chi connectivity index (χ1n) is 7.92. The molecule has 1 fully saturated rings. The van der Waals surface area contributed by atoms with E-state index in [4.69, 9.17) is 0 Å². The molecular formula is C17H20N4O2S. The number of nitrogens with one attached hydrogen (secondary N) is 2. The maximum absolute atomic E-state index is 12.1. The molecule has 2 N–H and O–H groups in total. The molecule has 1 aliphatic carbocycles. The quantitative estimate of drug-likeness (QED) is 0.818. The minimum absolute atomic E-state index is 0.328. The molecule has 0 aliphatic heterocycles. The second kappa shape index (κ2) is 7.09. The summed E-state index contributed by atoms with van der Waals surface area (Å²) >= 11 is 1.37. The molecule has 2 aromatic rings. The van der Waals surface area contributed by atoms with Crippen LogP contribution in [0.15, 0.2) is 41.7 Å². The van der Waals surface area contributed by atoms with Crippen LogP contribution in [-0.4, -0.2) is 33.8 Å². The van der Waals surface area contributed by atoms with Crippen molar-refractivity contribution < 1.29 is 9.59 Å². The molecule has 3 rings (SSSR count). The van der Waals surface area contributed by atoms with Crippen LogP contribution in [0.4, 0.5) is 4.79 Å². The van der Waals surface area contributed by atoms with Crippen LogP contribution >= 0.6 is 11.8 Å². The van der Waals surface area contributed by atoms with Gasteiger partial charge in [0.2, 0.25) is 5.91 Å². The van der Waals surface area contributed by atoms with Crippen LogP contribution in [0.1, 0.15) is 25.8 Å². The maximum Gasteiger partial charge on any atom is 0.321 e. The van der Waals surface area contributed by atoms with Gasteiger partial charge in [-0.15, -0.1) is 0 Å². The van der Waals surface area contributed by atoms with Gasteiger partial charge in [-0.2, -0.15) is 0 Å². The Morgan fingerprint density at radius 1 is 1.29 bits per heavy atom. The lowest BCUT2D eigenvalue weighted by Crippen LogP contribution is -2.41. The Morgan fingerprint density at radius 2 is 2.00 bits per heavy atom. The van der Waals surface area contributed by atoms with Crippen molar-refractivity contribution in [3.8, 4) is 11.3 Å². The van der Waals surface area contributed by atoms with Gasteiger partial charge in [-0.25, -0.2) is 9.78 Å². The van der Waals surface area contributed by atoms with Crippen LogP contribution in [-0.2, 0) is 4.79 Å². The summed E-state index contributed by atoms with van der Waals surface area (Å²) in [6.45, 7) is 1.77. The van der Waals surface area contributed by atoms with Crippen molar-refractivity contribution in [2.24, 2.45) is 0 Å². The molecule has 0 spiro atoms. The first kappa shape index (κ1) is 16.6. The van der Waals surface area contributed by atoms with Crippen LogP contribution in [0.2, 0.25) is 0 Å². The van der Waals surface area contributed by atoms with Gasteiger partial charge >= 0.3 is 6.03 Å². The molecule has 1 heterocycles. The highest BCUT2D eigenvalue weighted by molar-refractivity contribution is 8.00. The number of urea groups is 1. The minimum atomic E-state index is -0.497. The molecule has 1 aliphatic rings. The zero-order chi connectivity index (χ0) is 17.1. The molecule has 1 aromatic heterocycles. The first-order valence-corrected chi connectivity index (χ1v) is 8.80. The van der Waals surface area contributed by atoms with Crippen molar-refractivity contribution >= 4 is 23.7 Å². The number of amides is 3. The topological polar surface area (TPSA) is 76.0 Å². The highest BCUT2D eigenvalue weighted by Crippen LogP contribution is 2.42. The lowest BCUT2D eigenvalue weighted by atomic mass is 10.2. The smallest absolute Gasteiger partial charge is 0.321 e. The SMILES string of the molecule is CNC(=O)NC(=O)C(C)Sc1ncc(-c2ccccc2)n1C1CC1. The number of thioether (sulfide) groups is 1. The highest BCUT2D eigenvalue weighted by Gasteiger charge is 2.30. The van der Waals surface area contributed by atoms with Crippen LogP contribution in [0.5, 0.6) is 0 Å². The number of aromatic nitrogens is 2. The third kappa shape index (κ3) is 3.62. The monoisotopic (exact) mass is 344 g/mol. The average Bonchev–Trinajstić information content (AvgIpc) is 3.35. The zero-order valence-corrected chi connectivity index (χ0v) is 14.5. The summed E-state index contributed by atoms with van der Waals surface area (Å²) < 4.78 is 2.21. The number of imide groups is 1. The van der Waals surface area contributed by atoms with E-state index in [0.29, 0.717) is 6.04 Å². The number of benzene rings is 1. The highest BCUT2D eigenvalue weighted by atomic mass is 32.2. The van der Waals surface area contributed by atoms with Crippen molar-refractivity contribution in [2.75, 3.05) is 7.05 Å². The van der Waals surface area contributed by atoms with E-state index in [1.54, 1.807) is 6.92 Å². The Balaban J connectivity index is 1.80. The van der Waals surface area contributed by atoms with E-state index in [-0.39, 0.29) is 5.91 Å². The summed E-state index contributed by atoms with van der Waals surface area (Å²) in [7, 11) is 1.48. The van der Waals surface area contributed by atoms with Crippen molar-refractivity contribution in [3.05, 3.63) is 36.5 Å². The van der Waals surface area contributed by atoms with E-state index >= 15 is 0 Å². The normalized spacial score (nSPS) is 14.9. The lowest BCUT2D eigenvalue weighted by Gasteiger charge is -2.14. The third-order valence-electron chi connectivity index (χ3n) is 3.86. The fourth-order valence-corrected chi connectivity index (χ4v) is 3.38. The van der Waals surface area contributed by atoms with E-state index in [0.717, 1.165) is 29.3 Å². The largest absolute Gasteiger partial charge is 0.341 e. The summed E-state index contributed by atoms with van der Waals surface area (Å²) in [6, 6.07) is 10.1. The van der Waals surface area contributed by atoms with Gasteiger partial charge in [-0.1, -0.05) is 42.1 Å². The van der Waals surface area contributed by atoms with Gasteiger partial charge in [-0.3, -0.25) is 10.1 Å². The molecule has 126 valence electrons. The number of rotatable bonds is 5. The molecule has 1 atom stereocenters. The van der Waals surface area contributed by atoms with Crippen molar-refractivity contribution in [1.82, 2.24) is 20.2 Å². The molecule has 24 heavy (non-hydrogen) atoms. The van der Waals surface area contributed by atoms with Crippen molar-refractivity contribution in [1.29, 1.82) is 0 Å². The molecule has 1 saturated carbocycles. The third-order valence-corrected chi connectivity index (χ3v) is 4.94. The second-order valence-corrected chi connectivity index (χ2v) is 7.03. The summed E-state index contributed by atoms with van der Waals surface area (Å²) in [6.07, 6.45) is 4.12. The van der Waals surface area contributed by atoms with Gasteiger partial charge in [0.1, 0.15) is 0 Å². The summed E-state index contributed by atoms with van der Waals surface area (Å²) in [5, 5.41) is 5.09. The molecule has 0 saturated heterocycles. The van der Waals surface area contributed by atoms with Gasteiger partial charge in [0, 0.05) is 13.1 Å². The number of carbonyl (C=O) groups excluding carboxylic acids is 2. The summed E-state index contributed by atoms with van der Waals surface area (Å²) in [4.78, 5) is 27.9. The Morgan fingerprint density at radius 3 is 2.62 bits per heavy atom. The van der Waals surface area contributed by atoms with E-state index in [2.05, 4.69) is 32.3 Å². The molecular weight excluding hydrogens is 324 g/mol. The average molecular weight is 344 g/mol. The van der Waals surface area contributed by atoms with E-state index in [9.17, 15) is 9.59 Å². The van der Waals surface area contributed by atoms with Crippen LogP contribution in [0.25, 0.3) is 11.3 Å². The van der Waals surface area contributed by atoms with E-state index in [1.807, 2.05) is 24.4 Å². The molecule has 3 amide bonds. The van der Waals surface area contributed by atoms with Crippen molar-refractivity contribution in [2.45, 2.75) is 36.2 Å². The van der Waals surface area contributed by atoms with Gasteiger partial charge in [0.25, 0.3) is 0 Å². The predicted molar refractivity (Wildman–Crippen MR) is 93.9 cm³/mol. The standard InChI is InChI=1S/C17H20N4O2S/c1-11(15(22)20-16(23)18-2)24-17-19-10-14(21(17)13-8-9-13)12-6-4-3-5-7-12/h3-7,10-11,13H,8-9H2,1-2H3,(H2,18,20,22,23). The Labute approximate surface area is 145 Å².